The van der Waals surface area contributed by atoms with E-state index in [0.717, 1.165) is 64.2 Å². The second kappa shape index (κ2) is 45.8. The summed E-state index contributed by atoms with van der Waals surface area (Å²) in [4.78, 5) is 25.0. The maximum Gasteiger partial charge on any atom is 0.305 e. The fourth-order valence-electron chi connectivity index (χ4n) is 8.91. The van der Waals surface area contributed by atoms with Gasteiger partial charge < -0.3 is 45.1 Å². The number of carbonyl (C=O) groups is 2. The molecule has 0 aromatic heterocycles. The quantitative estimate of drug-likeness (QED) is 0.0196. The van der Waals surface area contributed by atoms with Gasteiger partial charge in [0.2, 0.25) is 5.91 Å². The summed E-state index contributed by atoms with van der Waals surface area (Å²) >= 11 is 0. The summed E-state index contributed by atoms with van der Waals surface area (Å²) in [6, 6.07) is -0.811. The predicted molar refractivity (Wildman–Crippen MR) is 269 cm³/mol. The largest absolute Gasteiger partial charge is 0.466 e. The van der Waals surface area contributed by atoms with Crippen LogP contribution in [0.25, 0.3) is 0 Å². The van der Waals surface area contributed by atoms with Gasteiger partial charge in [0.15, 0.2) is 6.29 Å². The molecule has 1 rings (SSSR count). The zero-order valence-electron chi connectivity index (χ0n) is 42.7. The van der Waals surface area contributed by atoms with Crippen molar-refractivity contribution in [2.45, 2.75) is 307 Å². The van der Waals surface area contributed by atoms with E-state index < -0.39 is 49.5 Å². The molecule has 6 N–H and O–H groups in total. The highest BCUT2D eigenvalue weighted by Crippen LogP contribution is 2.23. The molecule has 1 saturated heterocycles. The van der Waals surface area contributed by atoms with Gasteiger partial charge in [0.05, 0.1) is 32.0 Å². The minimum atomic E-state index is -1.57. The van der Waals surface area contributed by atoms with Crippen LogP contribution in [-0.4, -0.2) is 100 Å². The Bertz CT molecular complexity index is 1110. The second-order valence-electron chi connectivity index (χ2n) is 19.7. The number of allylic oxidation sites excluding steroid dienone is 1. The van der Waals surface area contributed by atoms with Crippen LogP contribution >= 0.6 is 0 Å². The fourth-order valence-corrected chi connectivity index (χ4v) is 8.91. The molecular formula is C55H105NO10. The van der Waals surface area contributed by atoms with Crippen LogP contribution in [0.4, 0.5) is 0 Å². The first-order valence-corrected chi connectivity index (χ1v) is 28.0. The van der Waals surface area contributed by atoms with E-state index in [9.17, 15) is 35.1 Å². The third-order valence-corrected chi connectivity index (χ3v) is 13.4. The molecule has 66 heavy (non-hydrogen) atoms. The van der Waals surface area contributed by atoms with Crippen molar-refractivity contribution in [3.8, 4) is 0 Å². The lowest BCUT2D eigenvalue weighted by atomic mass is 9.99. The highest BCUT2D eigenvalue weighted by atomic mass is 16.7. The van der Waals surface area contributed by atoms with E-state index in [0.29, 0.717) is 19.4 Å². The van der Waals surface area contributed by atoms with Crippen molar-refractivity contribution in [2.24, 2.45) is 0 Å². The molecule has 7 unspecified atom stereocenters. The number of hydrogen-bond acceptors (Lipinski definition) is 10. The van der Waals surface area contributed by atoms with Crippen molar-refractivity contribution in [2.75, 3.05) is 19.8 Å². The molecular weight excluding hydrogens is 835 g/mol. The number of rotatable bonds is 48. The molecule has 0 aromatic carbocycles. The number of hydrogen-bond donors (Lipinski definition) is 6. The molecule has 390 valence electrons. The van der Waals surface area contributed by atoms with E-state index in [2.05, 4.69) is 19.2 Å². The second-order valence-corrected chi connectivity index (χ2v) is 19.7. The SMILES string of the molecule is CCCCCCCCC/C=C/C(O)C(COC1OC(CO)C(O)C(O)C1O)NC(=O)CCCCCCCCCCCCCCCCCCCOC(=O)CCCCCCCCCCCCCC. The zero-order valence-corrected chi connectivity index (χ0v) is 42.7. The molecule has 1 aliphatic heterocycles. The Hall–Kier alpha value is -1.60. The number of aliphatic hydroxyl groups excluding tert-OH is 5. The summed E-state index contributed by atoms with van der Waals surface area (Å²) in [5, 5.41) is 54.1. The third kappa shape index (κ3) is 35.5. The van der Waals surface area contributed by atoms with Gasteiger partial charge >= 0.3 is 5.97 Å². The van der Waals surface area contributed by atoms with Gasteiger partial charge in [-0.15, -0.1) is 0 Å². The monoisotopic (exact) mass is 940 g/mol. The first kappa shape index (κ1) is 62.4. The van der Waals surface area contributed by atoms with Crippen LogP contribution in [-0.2, 0) is 23.8 Å². The van der Waals surface area contributed by atoms with Crippen LogP contribution in [0.5, 0.6) is 0 Å². The highest BCUT2D eigenvalue weighted by molar-refractivity contribution is 5.76. The van der Waals surface area contributed by atoms with Gasteiger partial charge in [0, 0.05) is 12.8 Å². The van der Waals surface area contributed by atoms with Gasteiger partial charge in [-0.3, -0.25) is 9.59 Å². The normalized spacial score (nSPS) is 19.7. The van der Waals surface area contributed by atoms with Crippen LogP contribution in [0.2, 0.25) is 0 Å². The van der Waals surface area contributed by atoms with Crippen molar-refractivity contribution in [3.63, 3.8) is 0 Å². The van der Waals surface area contributed by atoms with Crippen LogP contribution in [0, 0.1) is 0 Å². The standard InChI is InChI=1S/C55H105NO10/c1-3-5-7-9-11-13-14-23-27-31-35-39-43-51(60)64-44-40-36-32-28-24-21-19-17-15-16-18-20-22-26-30-34-38-42-50(59)56-47(48(58)41-37-33-29-25-12-10-8-6-4-2)46-65-55-54(63)53(62)52(61)49(45-57)66-55/h37,41,47-49,52-55,57-58,61-63H,3-36,38-40,42-46H2,1-2H3,(H,56,59)/b41-37+. The Balaban J connectivity index is 2.06. The number of esters is 1. The third-order valence-electron chi connectivity index (χ3n) is 13.4. The van der Waals surface area contributed by atoms with Crippen LogP contribution < -0.4 is 5.32 Å². The Kier molecular flexibility index (Phi) is 43.3. The summed E-state index contributed by atoms with van der Waals surface area (Å²) in [5.74, 6) is -0.199. The van der Waals surface area contributed by atoms with E-state index in [1.54, 1.807) is 6.08 Å². The predicted octanol–water partition coefficient (Wildman–Crippen LogP) is 12.0. The molecule has 1 aliphatic rings. The molecule has 1 heterocycles. The molecule has 0 aromatic rings. The Morgan fingerprint density at radius 2 is 0.955 bits per heavy atom. The van der Waals surface area contributed by atoms with Crippen molar-refractivity contribution < 1.29 is 49.3 Å². The first-order chi connectivity index (χ1) is 32.2. The molecule has 0 bridgehead atoms. The maximum absolute atomic E-state index is 13.0. The molecule has 0 aliphatic carbocycles. The van der Waals surface area contributed by atoms with Gasteiger partial charge in [-0.1, -0.05) is 231 Å². The van der Waals surface area contributed by atoms with E-state index in [-0.39, 0.29) is 18.5 Å². The van der Waals surface area contributed by atoms with E-state index >= 15 is 0 Å². The van der Waals surface area contributed by atoms with Crippen molar-refractivity contribution in [1.82, 2.24) is 5.32 Å². The Morgan fingerprint density at radius 3 is 1.41 bits per heavy atom. The smallest absolute Gasteiger partial charge is 0.305 e. The van der Waals surface area contributed by atoms with Crippen molar-refractivity contribution in [1.29, 1.82) is 0 Å². The minimum Gasteiger partial charge on any atom is -0.466 e. The van der Waals surface area contributed by atoms with E-state index in [1.807, 2.05) is 6.08 Å². The molecule has 0 spiro atoms. The highest BCUT2D eigenvalue weighted by Gasteiger charge is 2.44. The van der Waals surface area contributed by atoms with Crippen LogP contribution in [0.3, 0.4) is 0 Å². The fraction of sp³-hybridized carbons (Fsp3) is 0.927. The van der Waals surface area contributed by atoms with E-state index in [4.69, 9.17) is 14.2 Å². The summed E-state index contributed by atoms with van der Waals surface area (Å²) in [5.41, 5.74) is 0. The summed E-state index contributed by atoms with van der Waals surface area (Å²) < 4.78 is 16.7. The zero-order chi connectivity index (χ0) is 48.1. The number of carbonyl (C=O) groups excluding carboxylic acids is 2. The number of amides is 1. The maximum atomic E-state index is 13.0. The van der Waals surface area contributed by atoms with Gasteiger partial charge in [0.25, 0.3) is 0 Å². The molecule has 11 heteroatoms. The lowest BCUT2D eigenvalue weighted by Crippen LogP contribution is -2.60. The van der Waals surface area contributed by atoms with Gasteiger partial charge in [-0.25, -0.2) is 0 Å². The Morgan fingerprint density at radius 1 is 0.545 bits per heavy atom. The average Bonchev–Trinajstić information content (AvgIpc) is 3.31. The molecule has 0 saturated carbocycles. The van der Waals surface area contributed by atoms with Gasteiger partial charge in [0.1, 0.15) is 24.4 Å². The van der Waals surface area contributed by atoms with Crippen molar-refractivity contribution in [3.05, 3.63) is 12.2 Å². The van der Waals surface area contributed by atoms with Gasteiger partial charge in [-0.2, -0.15) is 0 Å². The number of nitrogens with one attached hydrogen (secondary N) is 1. The van der Waals surface area contributed by atoms with Crippen LogP contribution in [0.15, 0.2) is 12.2 Å². The molecule has 1 amide bonds. The number of unbranched alkanes of at least 4 members (excludes halogenated alkanes) is 34. The van der Waals surface area contributed by atoms with E-state index in [1.165, 1.54) is 173 Å². The summed E-state index contributed by atoms with van der Waals surface area (Å²) in [6.45, 7) is 4.30. The van der Waals surface area contributed by atoms with Crippen molar-refractivity contribution >= 4 is 11.9 Å². The molecule has 11 nitrogen and oxygen atoms in total. The average molecular weight is 940 g/mol. The molecule has 0 radical (unpaired) electrons. The number of ether oxygens (including phenoxy) is 3. The molecule has 7 atom stereocenters. The molecule has 1 fully saturated rings. The minimum absolute atomic E-state index is 0.0107. The number of aliphatic hydroxyl groups is 5. The summed E-state index contributed by atoms with van der Waals surface area (Å²) in [6.07, 6.45) is 41.6. The van der Waals surface area contributed by atoms with Crippen LogP contribution in [0.1, 0.15) is 264 Å². The lowest BCUT2D eigenvalue weighted by Gasteiger charge is -2.40. The summed E-state index contributed by atoms with van der Waals surface area (Å²) in [7, 11) is 0. The topological polar surface area (TPSA) is 175 Å². The van der Waals surface area contributed by atoms with Gasteiger partial charge in [-0.05, 0) is 32.1 Å². The lowest BCUT2D eigenvalue weighted by molar-refractivity contribution is -0.302. The first-order valence-electron chi connectivity index (χ1n) is 28.0. The Labute approximate surface area is 404 Å².